The summed E-state index contributed by atoms with van der Waals surface area (Å²) in [7, 11) is 0. The van der Waals surface area contributed by atoms with Gasteiger partial charge in [0.25, 0.3) is 0 Å². The summed E-state index contributed by atoms with van der Waals surface area (Å²) in [6.45, 7) is -0.277. The van der Waals surface area contributed by atoms with E-state index in [4.69, 9.17) is 23.2 Å². The van der Waals surface area contributed by atoms with Gasteiger partial charge in [-0.2, -0.15) is 0 Å². The van der Waals surface area contributed by atoms with Crippen LogP contribution < -0.4 is 5.32 Å². The van der Waals surface area contributed by atoms with Crippen molar-refractivity contribution >= 4 is 46.6 Å². The maximum atomic E-state index is 13.1. The lowest BCUT2D eigenvalue weighted by molar-refractivity contribution is -0.143. The van der Waals surface area contributed by atoms with E-state index in [0.29, 0.717) is 21.7 Å². The molecule has 3 amide bonds. The number of hydrogen-bond donors (Lipinski definition) is 1. The van der Waals surface area contributed by atoms with Crippen LogP contribution in [0.5, 0.6) is 0 Å². The van der Waals surface area contributed by atoms with E-state index in [9.17, 15) is 14.4 Å². The first kappa shape index (κ1) is 19.6. The molecule has 2 bridgehead atoms. The molecular formula is C23H20Cl2N2O3. The number of rotatable bonds is 4. The standard InChI is InChI=1S/C23H20Cl2N2O3/c24-17-7-6-14(10-18(17)25)26-19(28)11-27-22(29)20-13-8-15(12-4-2-1-3-5-12)16(9-13)21(20)23(27)30/h1-7,10,13,15-16,20-21H,8-9,11H2,(H,26,28). The van der Waals surface area contributed by atoms with E-state index >= 15 is 0 Å². The third-order valence-electron chi connectivity index (χ3n) is 6.84. The van der Waals surface area contributed by atoms with Gasteiger partial charge in [-0.3, -0.25) is 19.3 Å². The van der Waals surface area contributed by atoms with Crippen molar-refractivity contribution in [2.75, 3.05) is 11.9 Å². The molecule has 0 spiro atoms. The van der Waals surface area contributed by atoms with Crippen molar-refractivity contribution in [3.8, 4) is 0 Å². The summed E-state index contributed by atoms with van der Waals surface area (Å²) in [5, 5.41) is 3.39. The molecule has 7 heteroatoms. The van der Waals surface area contributed by atoms with E-state index in [2.05, 4.69) is 17.4 Å². The molecule has 2 saturated carbocycles. The third-order valence-corrected chi connectivity index (χ3v) is 7.58. The summed E-state index contributed by atoms with van der Waals surface area (Å²) in [5.41, 5.74) is 1.71. The first-order valence-electron chi connectivity index (χ1n) is 10.1. The molecule has 5 atom stereocenters. The number of nitrogens with one attached hydrogen (secondary N) is 1. The van der Waals surface area contributed by atoms with Crippen LogP contribution in [0, 0.1) is 23.7 Å². The van der Waals surface area contributed by atoms with Crippen molar-refractivity contribution in [3.63, 3.8) is 0 Å². The van der Waals surface area contributed by atoms with Gasteiger partial charge < -0.3 is 5.32 Å². The van der Waals surface area contributed by atoms with Gasteiger partial charge in [0.1, 0.15) is 6.54 Å². The Kier molecular flexibility index (Phi) is 4.83. The highest BCUT2D eigenvalue weighted by molar-refractivity contribution is 6.42. The van der Waals surface area contributed by atoms with E-state index in [1.165, 1.54) is 11.6 Å². The molecule has 2 aromatic rings. The lowest BCUT2D eigenvalue weighted by Crippen LogP contribution is -2.39. The quantitative estimate of drug-likeness (QED) is 0.715. The Bertz CT molecular complexity index is 1040. The topological polar surface area (TPSA) is 66.5 Å². The molecule has 1 N–H and O–H groups in total. The Morgan fingerprint density at radius 3 is 2.43 bits per heavy atom. The molecule has 3 fully saturated rings. The van der Waals surface area contributed by atoms with E-state index in [1.54, 1.807) is 12.1 Å². The fourth-order valence-corrected chi connectivity index (χ4v) is 5.98. The maximum absolute atomic E-state index is 13.1. The summed E-state index contributed by atoms with van der Waals surface area (Å²) in [6, 6.07) is 15.0. The number of halogens is 2. The molecule has 2 aliphatic carbocycles. The van der Waals surface area contributed by atoms with Crippen molar-refractivity contribution in [1.82, 2.24) is 4.90 Å². The lowest BCUT2D eigenvalue weighted by Gasteiger charge is -2.28. The van der Waals surface area contributed by atoms with Crippen LogP contribution in [0.2, 0.25) is 10.0 Å². The van der Waals surface area contributed by atoms with Gasteiger partial charge in [0, 0.05) is 5.69 Å². The molecule has 0 aromatic heterocycles. The van der Waals surface area contributed by atoms with Gasteiger partial charge in [0.2, 0.25) is 17.7 Å². The van der Waals surface area contributed by atoms with Gasteiger partial charge in [-0.1, -0.05) is 53.5 Å². The highest BCUT2D eigenvalue weighted by Gasteiger charge is 2.63. The second kappa shape index (κ2) is 7.40. The number of amides is 3. The van der Waals surface area contributed by atoms with Gasteiger partial charge in [0.05, 0.1) is 21.9 Å². The summed E-state index contributed by atoms with van der Waals surface area (Å²) >= 11 is 11.9. The smallest absolute Gasteiger partial charge is 0.244 e. The number of benzene rings is 2. The van der Waals surface area contributed by atoms with Gasteiger partial charge in [-0.15, -0.1) is 0 Å². The zero-order chi connectivity index (χ0) is 21.0. The molecule has 5 unspecified atom stereocenters. The summed E-state index contributed by atoms with van der Waals surface area (Å²) < 4.78 is 0. The predicted octanol–water partition coefficient (Wildman–Crippen LogP) is 4.36. The zero-order valence-corrected chi connectivity index (χ0v) is 17.6. The van der Waals surface area contributed by atoms with Crippen LogP contribution >= 0.6 is 23.2 Å². The summed E-state index contributed by atoms with van der Waals surface area (Å²) in [6.07, 6.45) is 1.84. The Morgan fingerprint density at radius 2 is 1.70 bits per heavy atom. The van der Waals surface area contributed by atoms with Crippen molar-refractivity contribution in [2.45, 2.75) is 18.8 Å². The zero-order valence-electron chi connectivity index (χ0n) is 16.1. The Hall–Kier alpha value is -2.37. The lowest BCUT2D eigenvalue weighted by atomic mass is 9.73. The second-order valence-electron chi connectivity index (χ2n) is 8.40. The number of hydrogen-bond acceptors (Lipinski definition) is 3. The average molecular weight is 443 g/mol. The van der Waals surface area contributed by atoms with E-state index in [0.717, 1.165) is 17.7 Å². The van der Waals surface area contributed by atoms with Crippen molar-refractivity contribution in [1.29, 1.82) is 0 Å². The Balaban J connectivity index is 1.31. The largest absolute Gasteiger partial charge is 0.324 e. The van der Waals surface area contributed by atoms with Crippen LogP contribution in [0.25, 0.3) is 0 Å². The minimum atomic E-state index is -0.429. The highest BCUT2D eigenvalue weighted by atomic mass is 35.5. The molecule has 5 rings (SSSR count). The van der Waals surface area contributed by atoms with Crippen LogP contribution in [0.15, 0.2) is 48.5 Å². The maximum Gasteiger partial charge on any atom is 0.244 e. The molecule has 5 nitrogen and oxygen atoms in total. The minimum Gasteiger partial charge on any atom is -0.324 e. The second-order valence-corrected chi connectivity index (χ2v) is 9.22. The van der Waals surface area contributed by atoms with Gasteiger partial charge in [-0.25, -0.2) is 0 Å². The molecule has 3 aliphatic rings. The molecular weight excluding hydrogens is 423 g/mol. The number of anilines is 1. The first-order chi connectivity index (χ1) is 14.4. The molecule has 30 heavy (non-hydrogen) atoms. The minimum absolute atomic E-state index is 0.169. The van der Waals surface area contributed by atoms with Gasteiger partial charge in [0.15, 0.2) is 0 Å². The van der Waals surface area contributed by atoms with Crippen LogP contribution in [-0.4, -0.2) is 29.2 Å². The van der Waals surface area contributed by atoms with Crippen molar-refractivity contribution in [3.05, 3.63) is 64.1 Å². The molecule has 1 saturated heterocycles. The van der Waals surface area contributed by atoms with Crippen LogP contribution in [0.1, 0.15) is 24.3 Å². The summed E-state index contributed by atoms with van der Waals surface area (Å²) in [5.74, 6) is -0.733. The van der Waals surface area contributed by atoms with Crippen LogP contribution in [-0.2, 0) is 14.4 Å². The van der Waals surface area contributed by atoms with E-state index in [-0.39, 0.29) is 42.0 Å². The number of imide groups is 1. The molecule has 2 aromatic carbocycles. The van der Waals surface area contributed by atoms with E-state index in [1.807, 2.05) is 18.2 Å². The van der Waals surface area contributed by atoms with Crippen molar-refractivity contribution in [2.24, 2.45) is 23.7 Å². The highest BCUT2D eigenvalue weighted by Crippen LogP contribution is 2.61. The monoisotopic (exact) mass is 442 g/mol. The number of carbonyl (C=O) groups is 3. The number of carbonyl (C=O) groups excluding carboxylic acids is 3. The first-order valence-corrected chi connectivity index (χ1v) is 10.8. The predicted molar refractivity (Wildman–Crippen MR) is 114 cm³/mol. The molecule has 1 heterocycles. The number of likely N-dealkylation sites (tertiary alicyclic amines) is 1. The Morgan fingerprint density at radius 1 is 0.967 bits per heavy atom. The average Bonchev–Trinajstić information content (AvgIpc) is 3.39. The third kappa shape index (κ3) is 3.12. The molecule has 0 radical (unpaired) electrons. The summed E-state index contributed by atoms with van der Waals surface area (Å²) in [4.78, 5) is 39.8. The normalized spacial score (nSPS) is 29.4. The number of fused-ring (bicyclic) bond motifs is 5. The van der Waals surface area contributed by atoms with Crippen LogP contribution in [0.3, 0.4) is 0 Å². The fraction of sp³-hybridized carbons (Fsp3) is 0.348. The van der Waals surface area contributed by atoms with Crippen molar-refractivity contribution < 1.29 is 14.4 Å². The van der Waals surface area contributed by atoms with E-state index < -0.39 is 5.91 Å². The van der Waals surface area contributed by atoms with Crippen LogP contribution in [0.4, 0.5) is 5.69 Å². The van der Waals surface area contributed by atoms with Gasteiger partial charge >= 0.3 is 0 Å². The van der Waals surface area contributed by atoms with Gasteiger partial charge in [-0.05, 0) is 54.4 Å². The molecule has 154 valence electrons. The fourth-order valence-electron chi connectivity index (χ4n) is 5.68. The Labute approximate surface area is 184 Å². The number of nitrogens with zero attached hydrogens (tertiary/aromatic N) is 1. The molecule has 1 aliphatic heterocycles. The SMILES string of the molecule is O=C(CN1C(=O)C2C3CC(c4ccccc4)C(C3)C2C1=O)Nc1ccc(Cl)c(Cl)c1.